The number of hydrogen-bond acceptors (Lipinski definition) is 4. The molecule has 3 aromatic carbocycles. The Kier molecular flexibility index (Phi) is 7.40. The molecule has 7 heteroatoms. The van der Waals surface area contributed by atoms with E-state index in [-0.39, 0.29) is 29.7 Å². The van der Waals surface area contributed by atoms with Gasteiger partial charge < -0.3 is 10.4 Å². The van der Waals surface area contributed by atoms with Gasteiger partial charge in [-0.2, -0.15) is 0 Å². The average molecular weight is 464 g/mol. The number of aromatic carboxylic acids is 1. The minimum absolute atomic E-state index is 0.0192. The second-order valence-corrected chi connectivity index (χ2v) is 8.52. The van der Waals surface area contributed by atoms with Crippen LogP contribution in [-0.4, -0.2) is 59.5 Å². The van der Waals surface area contributed by atoms with E-state index in [9.17, 15) is 14.7 Å². The summed E-state index contributed by atoms with van der Waals surface area (Å²) in [7, 11) is 0. The summed E-state index contributed by atoms with van der Waals surface area (Å²) in [6.45, 7) is 3.34. The van der Waals surface area contributed by atoms with E-state index in [1.807, 2.05) is 12.1 Å². The van der Waals surface area contributed by atoms with Crippen LogP contribution in [0.25, 0.3) is 0 Å². The molecular formula is C26H26ClN3O3. The summed E-state index contributed by atoms with van der Waals surface area (Å²) >= 11 is 5.89. The minimum Gasteiger partial charge on any atom is -0.478 e. The third-order valence-corrected chi connectivity index (χ3v) is 6.09. The number of amides is 1. The van der Waals surface area contributed by atoms with Gasteiger partial charge in [-0.3, -0.25) is 14.6 Å². The van der Waals surface area contributed by atoms with Crippen molar-refractivity contribution >= 4 is 29.2 Å². The fourth-order valence-corrected chi connectivity index (χ4v) is 4.43. The van der Waals surface area contributed by atoms with Gasteiger partial charge in [0.1, 0.15) is 0 Å². The third-order valence-electron chi connectivity index (χ3n) is 5.86. The molecule has 1 fully saturated rings. The molecule has 0 saturated carbocycles. The molecule has 0 unspecified atom stereocenters. The van der Waals surface area contributed by atoms with Gasteiger partial charge in [-0.1, -0.05) is 72.3 Å². The first-order chi connectivity index (χ1) is 16.0. The lowest BCUT2D eigenvalue weighted by Gasteiger charge is -2.39. The lowest BCUT2D eigenvalue weighted by atomic mass is 9.96. The van der Waals surface area contributed by atoms with Crippen LogP contribution in [0, 0.1) is 0 Å². The fourth-order valence-electron chi connectivity index (χ4n) is 4.26. The Morgan fingerprint density at radius 2 is 1.45 bits per heavy atom. The highest BCUT2D eigenvalue weighted by atomic mass is 35.5. The van der Waals surface area contributed by atoms with E-state index in [2.05, 4.69) is 63.6 Å². The molecule has 1 saturated heterocycles. The van der Waals surface area contributed by atoms with Gasteiger partial charge in [0.25, 0.3) is 0 Å². The summed E-state index contributed by atoms with van der Waals surface area (Å²) in [4.78, 5) is 28.6. The first kappa shape index (κ1) is 23.0. The molecule has 4 rings (SSSR count). The van der Waals surface area contributed by atoms with Crippen LogP contribution in [0.2, 0.25) is 5.02 Å². The molecule has 1 amide bonds. The predicted octanol–water partition coefficient (Wildman–Crippen LogP) is 4.38. The number of anilines is 1. The number of carboxylic acid groups (broad SMARTS) is 1. The first-order valence-electron chi connectivity index (χ1n) is 10.9. The highest BCUT2D eigenvalue weighted by Crippen LogP contribution is 2.29. The molecule has 33 heavy (non-hydrogen) atoms. The summed E-state index contributed by atoms with van der Waals surface area (Å²) in [5.41, 5.74) is 2.73. The molecule has 6 nitrogen and oxygen atoms in total. The number of benzene rings is 3. The van der Waals surface area contributed by atoms with Crippen LogP contribution in [0.5, 0.6) is 0 Å². The van der Waals surface area contributed by atoms with Crippen LogP contribution in [0.1, 0.15) is 27.5 Å². The average Bonchev–Trinajstić information content (AvgIpc) is 2.83. The van der Waals surface area contributed by atoms with Crippen LogP contribution in [0.15, 0.2) is 78.9 Å². The Morgan fingerprint density at radius 1 is 0.879 bits per heavy atom. The lowest BCUT2D eigenvalue weighted by Crippen LogP contribution is -2.49. The van der Waals surface area contributed by atoms with Gasteiger partial charge in [0.15, 0.2) is 0 Å². The Labute approximate surface area is 198 Å². The Morgan fingerprint density at radius 3 is 2.00 bits per heavy atom. The van der Waals surface area contributed by atoms with E-state index in [4.69, 9.17) is 11.6 Å². The Hall–Kier alpha value is -3.19. The smallest absolute Gasteiger partial charge is 0.337 e. The molecule has 3 aromatic rings. The highest BCUT2D eigenvalue weighted by Gasteiger charge is 2.27. The molecule has 1 aliphatic heterocycles. The second kappa shape index (κ2) is 10.6. The van der Waals surface area contributed by atoms with Gasteiger partial charge in [-0.25, -0.2) is 4.79 Å². The van der Waals surface area contributed by atoms with Crippen molar-refractivity contribution in [3.05, 3.63) is 101 Å². The number of hydrogen-bond donors (Lipinski definition) is 2. The third kappa shape index (κ3) is 5.79. The van der Waals surface area contributed by atoms with Crippen LogP contribution in [0.4, 0.5) is 5.69 Å². The summed E-state index contributed by atoms with van der Waals surface area (Å²) in [5, 5.41) is 12.4. The fraction of sp³-hybridized carbons (Fsp3) is 0.231. The van der Waals surface area contributed by atoms with Crippen LogP contribution < -0.4 is 5.32 Å². The van der Waals surface area contributed by atoms with Crippen molar-refractivity contribution < 1.29 is 14.7 Å². The SMILES string of the molecule is O=C(CN1CCN(C(c2ccccc2)c2ccccc2)CC1)Nc1ccc(Cl)cc1C(=O)O. The number of piperazine rings is 1. The van der Waals surface area contributed by atoms with Gasteiger partial charge in [0.2, 0.25) is 5.91 Å². The Balaban J connectivity index is 1.39. The molecule has 2 N–H and O–H groups in total. The van der Waals surface area contributed by atoms with Crippen molar-refractivity contribution in [3.63, 3.8) is 0 Å². The summed E-state index contributed by atoms with van der Waals surface area (Å²) in [6, 6.07) is 25.5. The zero-order valence-corrected chi connectivity index (χ0v) is 18.9. The van der Waals surface area contributed by atoms with E-state index in [0.717, 1.165) is 26.2 Å². The van der Waals surface area contributed by atoms with Crippen molar-refractivity contribution in [3.8, 4) is 0 Å². The lowest BCUT2D eigenvalue weighted by molar-refractivity contribution is -0.117. The van der Waals surface area contributed by atoms with Gasteiger partial charge in [0, 0.05) is 31.2 Å². The van der Waals surface area contributed by atoms with Gasteiger partial charge in [-0.05, 0) is 29.3 Å². The number of rotatable bonds is 7. The molecule has 0 spiro atoms. The highest BCUT2D eigenvalue weighted by molar-refractivity contribution is 6.31. The molecule has 170 valence electrons. The normalized spacial score (nSPS) is 14.8. The molecular weight excluding hydrogens is 438 g/mol. The number of nitrogens with one attached hydrogen (secondary N) is 1. The molecule has 1 heterocycles. The van der Waals surface area contributed by atoms with E-state index in [0.29, 0.717) is 5.02 Å². The monoisotopic (exact) mass is 463 g/mol. The Bertz CT molecular complexity index is 1060. The topological polar surface area (TPSA) is 72.9 Å². The molecule has 0 atom stereocenters. The number of carbonyl (C=O) groups excluding carboxylic acids is 1. The van der Waals surface area contributed by atoms with Crippen molar-refractivity contribution in [2.75, 3.05) is 38.0 Å². The van der Waals surface area contributed by atoms with E-state index < -0.39 is 5.97 Å². The van der Waals surface area contributed by atoms with E-state index >= 15 is 0 Å². The van der Waals surface area contributed by atoms with Crippen molar-refractivity contribution in [1.82, 2.24) is 9.80 Å². The van der Waals surface area contributed by atoms with Gasteiger partial charge in [0.05, 0.1) is 23.8 Å². The molecule has 1 aliphatic rings. The zero-order chi connectivity index (χ0) is 23.2. The molecule has 0 aliphatic carbocycles. The van der Waals surface area contributed by atoms with E-state index in [1.54, 1.807) is 6.07 Å². The number of carboxylic acids is 1. The van der Waals surface area contributed by atoms with Crippen LogP contribution >= 0.6 is 11.6 Å². The maximum Gasteiger partial charge on any atom is 0.337 e. The minimum atomic E-state index is -1.13. The number of carbonyl (C=O) groups is 2. The van der Waals surface area contributed by atoms with Crippen molar-refractivity contribution in [2.45, 2.75) is 6.04 Å². The maximum atomic E-state index is 12.6. The first-order valence-corrected chi connectivity index (χ1v) is 11.3. The van der Waals surface area contributed by atoms with E-state index in [1.165, 1.54) is 23.3 Å². The van der Waals surface area contributed by atoms with Crippen LogP contribution in [-0.2, 0) is 4.79 Å². The standard InChI is InChI=1S/C26H26ClN3O3/c27-21-11-12-23(22(17-21)26(32)33)28-24(31)18-29-13-15-30(16-14-29)25(19-7-3-1-4-8-19)20-9-5-2-6-10-20/h1-12,17,25H,13-16,18H2,(H,28,31)(H,32,33). The van der Waals surface area contributed by atoms with Crippen molar-refractivity contribution in [1.29, 1.82) is 0 Å². The second-order valence-electron chi connectivity index (χ2n) is 8.08. The van der Waals surface area contributed by atoms with Crippen LogP contribution in [0.3, 0.4) is 0 Å². The molecule has 0 radical (unpaired) electrons. The van der Waals surface area contributed by atoms with Gasteiger partial charge >= 0.3 is 5.97 Å². The summed E-state index contributed by atoms with van der Waals surface area (Å²) in [5.74, 6) is -1.37. The quantitative estimate of drug-likeness (QED) is 0.544. The maximum absolute atomic E-state index is 12.6. The van der Waals surface area contributed by atoms with Crippen molar-refractivity contribution in [2.24, 2.45) is 0 Å². The number of halogens is 1. The summed E-state index contributed by atoms with van der Waals surface area (Å²) < 4.78 is 0. The van der Waals surface area contributed by atoms with Gasteiger partial charge in [-0.15, -0.1) is 0 Å². The molecule has 0 bridgehead atoms. The zero-order valence-electron chi connectivity index (χ0n) is 18.2. The predicted molar refractivity (Wildman–Crippen MR) is 130 cm³/mol. The summed E-state index contributed by atoms with van der Waals surface area (Å²) in [6.07, 6.45) is 0. The largest absolute Gasteiger partial charge is 0.478 e. The number of nitrogens with zero attached hydrogens (tertiary/aromatic N) is 2. The molecule has 0 aromatic heterocycles.